The van der Waals surface area contributed by atoms with Gasteiger partial charge in [0.15, 0.2) is 0 Å². The van der Waals surface area contributed by atoms with Gasteiger partial charge in [-0.3, -0.25) is 4.79 Å². The third kappa shape index (κ3) is 3.06. The molecular formula is C11H18N4O. The molecule has 1 fully saturated rings. The summed E-state index contributed by atoms with van der Waals surface area (Å²) in [6.45, 7) is 3.74. The van der Waals surface area contributed by atoms with Gasteiger partial charge in [-0.15, -0.1) is 0 Å². The lowest BCUT2D eigenvalue weighted by atomic mass is 10.4. The monoisotopic (exact) mass is 222 g/mol. The van der Waals surface area contributed by atoms with Gasteiger partial charge in [0.05, 0.1) is 12.0 Å². The van der Waals surface area contributed by atoms with Crippen molar-refractivity contribution in [3.05, 3.63) is 18.2 Å². The van der Waals surface area contributed by atoms with Crippen molar-refractivity contribution in [3.63, 3.8) is 0 Å². The Hall–Kier alpha value is -1.36. The predicted octanol–water partition coefficient (Wildman–Crippen LogP) is 0.271. The van der Waals surface area contributed by atoms with Crippen LogP contribution < -0.4 is 10.6 Å². The first kappa shape index (κ1) is 11.1. The van der Waals surface area contributed by atoms with Crippen LogP contribution in [0, 0.1) is 0 Å². The van der Waals surface area contributed by atoms with E-state index in [1.165, 1.54) is 12.8 Å². The first-order chi connectivity index (χ1) is 7.79. The highest BCUT2D eigenvalue weighted by atomic mass is 16.1. The molecule has 5 nitrogen and oxygen atoms in total. The molecule has 0 aliphatic heterocycles. The van der Waals surface area contributed by atoms with Crippen LogP contribution >= 0.6 is 0 Å². The molecule has 0 atom stereocenters. The predicted molar refractivity (Wildman–Crippen MR) is 60.8 cm³/mol. The number of imidazole rings is 1. The van der Waals surface area contributed by atoms with E-state index in [9.17, 15) is 4.79 Å². The van der Waals surface area contributed by atoms with E-state index in [2.05, 4.69) is 15.6 Å². The molecule has 0 spiro atoms. The fourth-order valence-electron chi connectivity index (χ4n) is 1.58. The smallest absolute Gasteiger partial charge is 0.239 e. The molecular weight excluding hydrogens is 204 g/mol. The molecule has 0 unspecified atom stereocenters. The average molecular weight is 222 g/mol. The molecule has 1 aliphatic rings. The van der Waals surface area contributed by atoms with Gasteiger partial charge < -0.3 is 15.2 Å². The standard InChI is InChI=1S/C11H18N4O/c1-2-13-11(16)7-15-8-12-5-10(15)6-14-9-3-4-9/h5,8-9,14H,2-4,6-7H2,1H3,(H,13,16). The zero-order chi connectivity index (χ0) is 11.4. The summed E-state index contributed by atoms with van der Waals surface area (Å²) in [6, 6.07) is 0.674. The molecule has 5 heteroatoms. The summed E-state index contributed by atoms with van der Waals surface area (Å²) in [5.41, 5.74) is 1.07. The zero-order valence-electron chi connectivity index (χ0n) is 9.57. The van der Waals surface area contributed by atoms with E-state index in [0.29, 0.717) is 19.1 Å². The number of nitrogens with one attached hydrogen (secondary N) is 2. The van der Waals surface area contributed by atoms with Crippen molar-refractivity contribution in [1.82, 2.24) is 20.2 Å². The second-order valence-electron chi connectivity index (χ2n) is 4.12. The van der Waals surface area contributed by atoms with Crippen molar-refractivity contribution in [2.24, 2.45) is 0 Å². The van der Waals surface area contributed by atoms with E-state index in [-0.39, 0.29) is 5.91 Å². The van der Waals surface area contributed by atoms with Crippen LogP contribution in [-0.2, 0) is 17.9 Å². The molecule has 1 aliphatic carbocycles. The fraction of sp³-hybridized carbons (Fsp3) is 0.636. The second kappa shape index (κ2) is 5.12. The van der Waals surface area contributed by atoms with E-state index in [4.69, 9.17) is 0 Å². The van der Waals surface area contributed by atoms with Gasteiger partial charge in [-0.2, -0.15) is 0 Å². The molecule has 0 radical (unpaired) electrons. The topological polar surface area (TPSA) is 59.0 Å². The molecule has 16 heavy (non-hydrogen) atoms. The number of hydrogen-bond acceptors (Lipinski definition) is 3. The summed E-state index contributed by atoms with van der Waals surface area (Å²) in [5.74, 6) is 0.0353. The van der Waals surface area contributed by atoms with E-state index in [1.54, 1.807) is 6.33 Å². The Morgan fingerprint density at radius 1 is 1.62 bits per heavy atom. The maximum atomic E-state index is 11.4. The van der Waals surface area contributed by atoms with Crippen molar-refractivity contribution < 1.29 is 4.79 Å². The van der Waals surface area contributed by atoms with Crippen LogP contribution in [-0.4, -0.2) is 28.0 Å². The first-order valence-corrected chi connectivity index (χ1v) is 5.78. The molecule has 1 saturated carbocycles. The SMILES string of the molecule is CCNC(=O)Cn1cncc1CNC1CC1. The number of aromatic nitrogens is 2. The van der Waals surface area contributed by atoms with Crippen LogP contribution in [0.5, 0.6) is 0 Å². The quantitative estimate of drug-likeness (QED) is 0.726. The minimum Gasteiger partial charge on any atom is -0.355 e. The Labute approximate surface area is 95.2 Å². The van der Waals surface area contributed by atoms with Gasteiger partial charge in [-0.05, 0) is 19.8 Å². The van der Waals surface area contributed by atoms with Gasteiger partial charge in [0, 0.05) is 25.3 Å². The van der Waals surface area contributed by atoms with E-state index < -0.39 is 0 Å². The Kier molecular flexibility index (Phi) is 3.56. The summed E-state index contributed by atoms with van der Waals surface area (Å²) >= 11 is 0. The van der Waals surface area contributed by atoms with Gasteiger partial charge in [0.25, 0.3) is 0 Å². The Balaban J connectivity index is 1.87. The van der Waals surface area contributed by atoms with Crippen LogP contribution in [0.2, 0.25) is 0 Å². The van der Waals surface area contributed by atoms with Gasteiger partial charge in [-0.25, -0.2) is 4.98 Å². The third-order valence-electron chi connectivity index (χ3n) is 2.64. The van der Waals surface area contributed by atoms with Crippen molar-refractivity contribution in [2.45, 2.75) is 38.9 Å². The molecule has 88 valence electrons. The molecule has 2 rings (SSSR count). The summed E-state index contributed by atoms with van der Waals surface area (Å²) < 4.78 is 1.89. The Morgan fingerprint density at radius 3 is 3.12 bits per heavy atom. The number of carbonyl (C=O) groups is 1. The molecule has 1 aromatic rings. The van der Waals surface area contributed by atoms with Gasteiger partial charge in [0.1, 0.15) is 6.54 Å². The lowest BCUT2D eigenvalue weighted by molar-refractivity contribution is -0.121. The maximum Gasteiger partial charge on any atom is 0.239 e. The molecule has 0 bridgehead atoms. The third-order valence-corrected chi connectivity index (χ3v) is 2.64. The van der Waals surface area contributed by atoms with E-state index in [0.717, 1.165) is 12.2 Å². The largest absolute Gasteiger partial charge is 0.355 e. The summed E-state index contributed by atoms with van der Waals surface area (Å²) in [7, 11) is 0. The summed E-state index contributed by atoms with van der Waals surface area (Å²) in [4.78, 5) is 15.5. The average Bonchev–Trinajstić information content (AvgIpc) is 2.98. The molecule has 0 aromatic carbocycles. The van der Waals surface area contributed by atoms with Gasteiger partial charge >= 0.3 is 0 Å². The number of carbonyl (C=O) groups excluding carboxylic acids is 1. The number of amides is 1. The van der Waals surface area contributed by atoms with Crippen molar-refractivity contribution in [1.29, 1.82) is 0 Å². The van der Waals surface area contributed by atoms with E-state index >= 15 is 0 Å². The molecule has 1 heterocycles. The maximum absolute atomic E-state index is 11.4. The molecule has 1 amide bonds. The number of likely N-dealkylation sites (N-methyl/N-ethyl adjacent to an activating group) is 1. The molecule has 0 saturated heterocycles. The van der Waals surface area contributed by atoms with Crippen LogP contribution in [0.3, 0.4) is 0 Å². The number of hydrogen-bond donors (Lipinski definition) is 2. The lowest BCUT2D eigenvalue weighted by Crippen LogP contribution is -2.28. The Morgan fingerprint density at radius 2 is 2.44 bits per heavy atom. The minimum absolute atomic E-state index is 0.0353. The van der Waals surface area contributed by atoms with Crippen LogP contribution in [0.15, 0.2) is 12.5 Å². The number of rotatable bonds is 6. The highest BCUT2D eigenvalue weighted by Crippen LogP contribution is 2.19. The first-order valence-electron chi connectivity index (χ1n) is 5.78. The van der Waals surface area contributed by atoms with Crippen molar-refractivity contribution in [2.75, 3.05) is 6.54 Å². The molecule has 2 N–H and O–H groups in total. The highest BCUT2D eigenvalue weighted by Gasteiger charge is 2.20. The van der Waals surface area contributed by atoms with Crippen molar-refractivity contribution in [3.8, 4) is 0 Å². The number of nitrogens with zero attached hydrogens (tertiary/aromatic N) is 2. The second-order valence-corrected chi connectivity index (χ2v) is 4.12. The normalized spacial score (nSPS) is 15.1. The van der Waals surface area contributed by atoms with Crippen LogP contribution in [0.1, 0.15) is 25.5 Å². The fourth-order valence-corrected chi connectivity index (χ4v) is 1.58. The highest BCUT2D eigenvalue weighted by molar-refractivity contribution is 5.75. The zero-order valence-corrected chi connectivity index (χ0v) is 9.57. The van der Waals surface area contributed by atoms with Gasteiger partial charge in [-0.1, -0.05) is 0 Å². The summed E-state index contributed by atoms with van der Waals surface area (Å²) in [5, 5.41) is 6.19. The van der Waals surface area contributed by atoms with Crippen molar-refractivity contribution >= 4 is 5.91 Å². The van der Waals surface area contributed by atoms with Crippen LogP contribution in [0.25, 0.3) is 0 Å². The molecule has 1 aromatic heterocycles. The lowest BCUT2D eigenvalue weighted by Gasteiger charge is -2.08. The van der Waals surface area contributed by atoms with Gasteiger partial charge in [0.2, 0.25) is 5.91 Å². The van der Waals surface area contributed by atoms with E-state index in [1.807, 2.05) is 17.7 Å². The Bertz CT molecular complexity index is 357. The van der Waals surface area contributed by atoms with Crippen LogP contribution in [0.4, 0.5) is 0 Å². The summed E-state index contributed by atoms with van der Waals surface area (Å²) in [6.07, 6.45) is 6.06. The minimum atomic E-state index is 0.0353.